The van der Waals surface area contributed by atoms with E-state index in [1.54, 1.807) is 4.57 Å². The number of anilines is 2. The molecule has 4 aliphatic heterocycles. The Bertz CT molecular complexity index is 1980. The lowest BCUT2D eigenvalue weighted by Gasteiger charge is -2.32. The van der Waals surface area contributed by atoms with Crippen LogP contribution in [0.2, 0.25) is 0 Å². The van der Waals surface area contributed by atoms with Gasteiger partial charge in [-0.2, -0.15) is 4.37 Å². The first-order valence-electron chi connectivity index (χ1n) is 13.6. The Morgan fingerprint density at radius 3 is 2.89 bits per heavy atom. The molecule has 2 unspecified atom stereocenters. The van der Waals surface area contributed by atoms with Crippen LogP contribution in [0.4, 0.5) is 11.8 Å². The maximum Gasteiger partial charge on any atom is 0.472 e. The number of ether oxygens (including phenoxy) is 4. The molecule has 46 heavy (non-hydrogen) atoms. The summed E-state index contributed by atoms with van der Waals surface area (Å²) < 4.78 is 79.3. The van der Waals surface area contributed by atoms with Gasteiger partial charge in [0.1, 0.15) is 59.6 Å². The van der Waals surface area contributed by atoms with Crippen LogP contribution in [0.5, 0.6) is 0 Å². The van der Waals surface area contributed by atoms with E-state index in [2.05, 4.69) is 29.3 Å². The molecule has 4 saturated heterocycles. The number of nitrogens with zero attached hydrogens (tertiary/aromatic N) is 6. The number of aromatic amines is 1. The molecular formula is C22H25N9O12P2S. The van der Waals surface area contributed by atoms with Crippen molar-refractivity contribution < 1.29 is 51.1 Å². The highest BCUT2D eigenvalue weighted by Crippen LogP contribution is 2.56. The van der Waals surface area contributed by atoms with Gasteiger partial charge in [-0.05, 0) is 11.5 Å². The van der Waals surface area contributed by atoms with Crippen LogP contribution in [0, 0.1) is 0 Å². The van der Waals surface area contributed by atoms with Crippen molar-refractivity contribution in [3.63, 3.8) is 0 Å². The summed E-state index contributed by atoms with van der Waals surface area (Å²) in [5.74, 6) is -0.0288. The molecule has 0 spiro atoms. The van der Waals surface area contributed by atoms with Crippen molar-refractivity contribution in [2.75, 3.05) is 38.4 Å². The number of fused-ring (bicyclic) bond motifs is 4. The highest BCUT2D eigenvalue weighted by atomic mass is 32.1. The number of nitrogens with one attached hydrogen (secondary N) is 1. The van der Waals surface area contributed by atoms with E-state index in [0.29, 0.717) is 11.2 Å². The van der Waals surface area contributed by atoms with Gasteiger partial charge in [0.05, 0.1) is 31.0 Å². The van der Waals surface area contributed by atoms with E-state index in [1.807, 2.05) is 0 Å². The van der Waals surface area contributed by atoms with E-state index in [-0.39, 0.29) is 40.9 Å². The summed E-state index contributed by atoms with van der Waals surface area (Å²) >= 11 is 0.860. The van der Waals surface area contributed by atoms with Gasteiger partial charge < -0.3 is 44.4 Å². The third kappa shape index (κ3) is 4.80. The lowest BCUT2D eigenvalue weighted by Crippen LogP contribution is -2.45. The molecule has 8 rings (SSSR count). The number of phosphoric ester groups is 1. The maximum atomic E-state index is 13.6. The Labute approximate surface area is 261 Å². The van der Waals surface area contributed by atoms with Crippen LogP contribution in [0.25, 0.3) is 22.2 Å². The van der Waals surface area contributed by atoms with Crippen molar-refractivity contribution in [1.29, 1.82) is 0 Å². The van der Waals surface area contributed by atoms with Crippen LogP contribution >= 0.6 is 27.6 Å². The van der Waals surface area contributed by atoms with Gasteiger partial charge in [-0.15, -0.1) is 0 Å². The van der Waals surface area contributed by atoms with Gasteiger partial charge in [0.2, 0.25) is 5.95 Å². The molecule has 246 valence electrons. The molecule has 0 amide bonds. The smallest absolute Gasteiger partial charge is 0.382 e. The van der Waals surface area contributed by atoms with Crippen LogP contribution in [0.3, 0.4) is 0 Å². The molecule has 24 heteroatoms. The fourth-order valence-electron chi connectivity index (χ4n) is 6.15. The second-order valence-electron chi connectivity index (χ2n) is 10.8. The Morgan fingerprint density at radius 2 is 2.07 bits per heavy atom. The van der Waals surface area contributed by atoms with Crippen molar-refractivity contribution in [2.45, 2.75) is 48.5 Å². The number of nitrogen functional groups attached to an aromatic ring is 2. The third-order valence-electron chi connectivity index (χ3n) is 8.17. The second kappa shape index (κ2) is 11.0. The number of imidazole rings is 1. The zero-order chi connectivity index (χ0) is 32.0. The number of hydrogen-bond donors (Lipinski definition) is 4. The number of nitrogens with two attached hydrogens (primary N) is 2. The summed E-state index contributed by atoms with van der Waals surface area (Å²) in [4.78, 5) is 42.7. The van der Waals surface area contributed by atoms with E-state index in [9.17, 15) is 18.8 Å². The normalized spacial score (nSPS) is 38.0. The van der Waals surface area contributed by atoms with Gasteiger partial charge in [-0.3, -0.25) is 28.0 Å². The molecule has 0 aliphatic carbocycles. The molecule has 4 aromatic rings. The van der Waals surface area contributed by atoms with Crippen LogP contribution in [-0.2, 0) is 46.2 Å². The topological polar surface area (TPSA) is 282 Å². The summed E-state index contributed by atoms with van der Waals surface area (Å²) in [6.45, 7) is -1.08. The van der Waals surface area contributed by atoms with E-state index < -0.39 is 76.7 Å². The predicted molar refractivity (Wildman–Crippen MR) is 154 cm³/mol. The van der Waals surface area contributed by atoms with E-state index in [4.69, 9.17) is 48.5 Å². The predicted octanol–water partition coefficient (Wildman–Crippen LogP) is -0.187. The van der Waals surface area contributed by atoms with Crippen LogP contribution in [0.1, 0.15) is 17.2 Å². The highest BCUT2D eigenvalue weighted by molar-refractivity contribution is 7.47. The molecule has 4 aliphatic rings. The van der Waals surface area contributed by atoms with Crippen molar-refractivity contribution in [2.24, 2.45) is 0 Å². The number of hydrogen-bond acceptors (Lipinski definition) is 19. The molecular weight excluding hydrogens is 676 g/mol. The van der Waals surface area contributed by atoms with E-state index >= 15 is 0 Å². The molecule has 8 heterocycles. The summed E-state index contributed by atoms with van der Waals surface area (Å²) in [6.07, 6.45) is -4.72. The molecule has 0 aromatic carbocycles. The van der Waals surface area contributed by atoms with Gasteiger partial charge in [0.15, 0.2) is 23.2 Å². The highest BCUT2D eigenvalue weighted by Gasteiger charge is 2.65. The minimum Gasteiger partial charge on any atom is -0.382 e. The number of H-pyrrole nitrogens is 1. The quantitative estimate of drug-likeness (QED) is 0.201. The van der Waals surface area contributed by atoms with Gasteiger partial charge in [0, 0.05) is 7.11 Å². The molecule has 6 N–H and O–H groups in total. The first-order valence-corrected chi connectivity index (χ1v) is 17.1. The van der Waals surface area contributed by atoms with Gasteiger partial charge in [0.25, 0.3) is 5.56 Å². The minimum absolute atomic E-state index is 0.0183. The van der Waals surface area contributed by atoms with Gasteiger partial charge in [-0.1, -0.05) is 0 Å². The SMILES string of the molecule is CO[C@H]1[C@H]2OP(=O)(O)OC[C@@]34CO[C@@H]([C@H](n5cnc6c(N)ncnc65)O3)[C@@H]4O[PH](=O)OC[C@H]1O[C@H]2c1snc2c(=O)[nH]c(N)nc12. The Balaban J connectivity index is 1.13. The summed E-state index contributed by atoms with van der Waals surface area (Å²) in [5, 5.41) is 0. The standard InChI is InChI=1S/C22H25N9O12P2S/c1-36-11-7-2-38-44(33)42-16-14-20(31-6-27-10-17(23)25-5-26-18(10)31)41-22(16,3-37-14)4-39-45(34,35)43-12(11)13(40-7)15-8-9(30-46-15)19(32)29-21(24)28-8/h5-7,11-14,16,20,44H,2-4H2,1H3,(H,34,35)(H2,23,25,26)(H3,24,28,29,32)/t7-,11-,12-,13-,14-,16+,20-,22-/m1/s1. The number of phosphoric acid groups is 1. The van der Waals surface area contributed by atoms with Crippen LogP contribution < -0.4 is 17.0 Å². The first-order chi connectivity index (χ1) is 22.1. The molecule has 21 nitrogen and oxygen atoms in total. The van der Waals surface area contributed by atoms with Crippen molar-refractivity contribution in [3.8, 4) is 0 Å². The second-order valence-corrected chi connectivity index (χ2v) is 14.1. The third-order valence-corrected chi connectivity index (χ3v) is 10.9. The zero-order valence-corrected chi connectivity index (χ0v) is 26.2. The molecule has 0 saturated carbocycles. The Morgan fingerprint density at radius 1 is 1.22 bits per heavy atom. The molecule has 4 aromatic heterocycles. The molecule has 4 fully saturated rings. The Kier molecular flexibility index (Phi) is 7.29. The van der Waals surface area contributed by atoms with E-state index in [1.165, 1.54) is 19.8 Å². The zero-order valence-electron chi connectivity index (χ0n) is 23.4. The van der Waals surface area contributed by atoms with Gasteiger partial charge >= 0.3 is 16.1 Å². The average molecular weight is 702 g/mol. The minimum atomic E-state index is -4.94. The van der Waals surface area contributed by atoms with Crippen LogP contribution in [-0.4, -0.2) is 102 Å². The average Bonchev–Trinajstić information content (AvgIpc) is 3.82. The summed E-state index contributed by atoms with van der Waals surface area (Å²) in [7, 11) is -6.89. The van der Waals surface area contributed by atoms with Crippen molar-refractivity contribution >= 4 is 61.6 Å². The monoisotopic (exact) mass is 701 g/mol. The number of methoxy groups -OCH3 is 1. The Hall–Kier alpha value is -2.98. The molecule has 4 bridgehead atoms. The maximum absolute atomic E-state index is 13.6. The lowest BCUT2D eigenvalue weighted by molar-refractivity contribution is -0.184. The summed E-state index contributed by atoms with van der Waals surface area (Å²) in [5.41, 5.74) is 10.3. The number of aromatic nitrogens is 7. The lowest BCUT2D eigenvalue weighted by atomic mass is 10.0. The molecule has 10 atom stereocenters. The van der Waals surface area contributed by atoms with E-state index in [0.717, 1.165) is 11.5 Å². The first kappa shape index (κ1) is 30.4. The van der Waals surface area contributed by atoms with Gasteiger partial charge in [-0.25, -0.2) is 24.5 Å². The van der Waals surface area contributed by atoms with Crippen molar-refractivity contribution in [1.82, 2.24) is 33.9 Å². The molecule has 0 radical (unpaired) electrons. The fraction of sp³-hybridized carbons (Fsp3) is 0.545. The fourth-order valence-corrected chi connectivity index (χ4v) is 8.94. The number of rotatable bonds is 3. The van der Waals surface area contributed by atoms with Crippen molar-refractivity contribution in [3.05, 3.63) is 27.9 Å². The largest absolute Gasteiger partial charge is 0.472 e. The van der Waals surface area contributed by atoms with Crippen LogP contribution in [0.15, 0.2) is 17.4 Å². The summed E-state index contributed by atoms with van der Waals surface area (Å²) in [6, 6.07) is 0.